The molecule has 4 aromatic rings. The number of carbonyl (C=O) groups is 2. The molecule has 0 spiro atoms. The van der Waals surface area contributed by atoms with Crippen molar-refractivity contribution in [3.05, 3.63) is 102 Å². The number of rotatable bonds is 10. The lowest BCUT2D eigenvalue weighted by Crippen LogP contribution is -2.16. The molecule has 0 fully saturated rings. The second-order valence-electron chi connectivity index (χ2n) is 10.0. The molecule has 0 aliphatic heterocycles. The summed E-state index contributed by atoms with van der Waals surface area (Å²) >= 11 is 23.8. The molecule has 0 saturated carbocycles. The van der Waals surface area contributed by atoms with Gasteiger partial charge in [-0.3, -0.25) is 29.8 Å². The smallest absolute Gasteiger partial charge is 0.416 e. The van der Waals surface area contributed by atoms with Gasteiger partial charge in [0.2, 0.25) is 11.8 Å². The van der Waals surface area contributed by atoms with Crippen molar-refractivity contribution in [3.63, 3.8) is 0 Å². The zero-order chi connectivity index (χ0) is 38.0. The Labute approximate surface area is 301 Å². The number of nitrogens with zero attached hydrogens (tertiary/aromatic N) is 2. The monoisotopic (exact) mass is 798 g/mol. The standard InChI is InChI=1S/C30H16Cl4F6N4O7/c31-11-23(45)41-27-19(43(47)48)5-7-21(25(27)15-3-1-13(9-17(15)33)29(35,36)37)51-22-8-6-20(44(49)50)28(42-24(46)12-32)26(22)16-4-2-14(10-18(16)34)30(38,39)40/h1-10H,11-12H2,(H,41,45)(H,42,46). The summed E-state index contributed by atoms with van der Waals surface area (Å²) in [4.78, 5) is 47.1. The van der Waals surface area contributed by atoms with Crippen molar-refractivity contribution in [1.29, 1.82) is 0 Å². The Morgan fingerprint density at radius 2 is 1.00 bits per heavy atom. The Hall–Kier alpha value is -4.84. The third-order valence-electron chi connectivity index (χ3n) is 6.81. The van der Waals surface area contributed by atoms with Gasteiger partial charge >= 0.3 is 12.4 Å². The first-order valence-electron chi connectivity index (χ1n) is 13.5. The van der Waals surface area contributed by atoms with Gasteiger partial charge in [-0.2, -0.15) is 26.3 Å². The summed E-state index contributed by atoms with van der Waals surface area (Å²) in [6.45, 7) is 0. The fraction of sp³-hybridized carbons (Fsp3) is 0.133. The van der Waals surface area contributed by atoms with E-state index in [2.05, 4.69) is 10.6 Å². The molecule has 4 aromatic carbocycles. The van der Waals surface area contributed by atoms with Crippen LogP contribution in [0.25, 0.3) is 22.3 Å². The minimum atomic E-state index is -4.88. The third-order valence-corrected chi connectivity index (χ3v) is 7.92. The number of nitro benzene ring substituents is 2. The van der Waals surface area contributed by atoms with Crippen molar-refractivity contribution in [3.8, 4) is 33.8 Å². The summed E-state index contributed by atoms with van der Waals surface area (Å²) in [6.07, 6.45) is -9.75. The van der Waals surface area contributed by atoms with Crippen molar-refractivity contribution < 1.29 is 50.5 Å². The van der Waals surface area contributed by atoms with Crippen LogP contribution in [0.1, 0.15) is 11.1 Å². The average Bonchev–Trinajstić information content (AvgIpc) is 3.04. The second kappa shape index (κ2) is 15.2. The minimum Gasteiger partial charge on any atom is -0.456 e. The largest absolute Gasteiger partial charge is 0.456 e. The van der Waals surface area contributed by atoms with Crippen LogP contribution in [0, 0.1) is 20.2 Å². The number of ether oxygens (including phenoxy) is 1. The van der Waals surface area contributed by atoms with Crippen molar-refractivity contribution in [2.75, 3.05) is 22.4 Å². The molecule has 2 N–H and O–H groups in total. The van der Waals surface area contributed by atoms with Crippen LogP contribution in [-0.4, -0.2) is 33.4 Å². The molecule has 0 bridgehead atoms. The molecule has 21 heteroatoms. The van der Waals surface area contributed by atoms with Gasteiger partial charge in [-0.05, 0) is 36.4 Å². The van der Waals surface area contributed by atoms with Crippen molar-refractivity contribution in [2.45, 2.75) is 12.4 Å². The number of carbonyl (C=O) groups excluding carboxylic acids is 2. The fourth-order valence-corrected chi connectivity index (χ4v) is 5.34. The van der Waals surface area contributed by atoms with Gasteiger partial charge in [-0.15, -0.1) is 23.2 Å². The van der Waals surface area contributed by atoms with E-state index < -0.39 is 112 Å². The third kappa shape index (κ3) is 8.56. The first-order chi connectivity index (χ1) is 23.8. The lowest BCUT2D eigenvalue weighted by atomic mass is 9.98. The Morgan fingerprint density at radius 3 is 1.27 bits per heavy atom. The molecule has 0 saturated heterocycles. The van der Waals surface area contributed by atoms with E-state index in [0.29, 0.717) is 24.3 Å². The number of benzene rings is 4. The fourth-order valence-electron chi connectivity index (χ4n) is 4.66. The number of nitrogens with one attached hydrogen (secondary N) is 2. The summed E-state index contributed by atoms with van der Waals surface area (Å²) in [5, 5.41) is 27.2. The van der Waals surface area contributed by atoms with Crippen LogP contribution in [0.2, 0.25) is 10.0 Å². The molecule has 51 heavy (non-hydrogen) atoms. The summed E-state index contributed by atoms with van der Waals surface area (Å²) in [7, 11) is 0. The SMILES string of the molecule is O=C(CCl)Nc1c([N+](=O)[O-])ccc(Oc2ccc([N+](=O)[O-])c(NC(=O)CCl)c2-c2ccc(C(F)(F)F)cc2Cl)c1-c1ccc(C(F)(F)F)cc1Cl. The molecule has 0 aliphatic carbocycles. The van der Waals surface area contributed by atoms with Crippen LogP contribution in [0.3, 0.4) is 0 Å². The highest BCUT2D eigenvalue weighted by atomic mass is 35.5. The molecular formula is C30H16Cl4F6N4O7. The normalized spacial score (nSPS) is 11.6. The number of alkyl halides is 8. The van der Waals surface area contributed by atoms with Crippen LogP contribution in [-0.2, 0) is 21.9 Å². The molecule has 4 rings (SSSR count). The highest BCUT2D eigenvalue weighted by Crippen LogP contribution is 2.51. The number of halogens is 10. The Kier molecular flexibility index (Phi) is 11.6. The van der Waals surface area contributed by atoms with Crippen molar-refractivity contribution in [2.24, 2.45) is 0 Å². The summed E-state index contributed by atoms with van der Waals surface area (Å²) in [5.74, 6) is -4.52. The molecule has 11 nitrogen and oxygen atoms in total. The van der Waals surface area contributed by atoms with Gasteiger partial charge in [-0.25, -0.2) is 0 Å². The van der Waals surface area contributed by atoms with Gasteiger partial charge in [0.1, 0.15) is 34.6 Å². The van der Waals surface area contributed by atoms with E-state index in [1.54, 1.807) is 0 Å². The first-order valence-corrected chi connectivity index (χ1v) is 15.4. The molecule has 0 aromatic heterocycles. The van der Waals surface area contributed by atoms with E-state index in [9.17, 15) is 56.2 Å². The molecule has 0 atom stereocenters. The maximum atomic E-state index is 13.5. The number of hydrogen-bond acceptors (Lipinski definition) is 7. The predicted molar refractivity (Wildman–Crippen MR) is 176 cm³/mol. The zero-order valence-corrected chi connectivity index (χ0v) is 27.7. The molecule has 268 valence electrons. The molecule has 0 heterocycles. The van der Waals surface area contributed by atoms with Gasteiger partial charge in [0.25, 0.3) is 11.4 Å². The van der Waals surface area contributed by atoms with Crippen molar-refractivity contribution in [1.82, 2.24) is 0 Å². The average molecular weight is 800 g/mol. The second-order valence-corrected chi connectivity index (χ2v) is 11.4. The van der Waals surface area contributed by atoms with E-state index >= 15 is 0 Å². The summed E-state index contributed by atoms with van der Waals surface area (Å²) in [6, 6.07) is 7.32. The summed E-state index contributed by atoms with van der Waals surface area (Å²) < 4.78 is 87.1. The van der Waals surface area contributed by atoms with Gasteiger partial charge in [0, 0.05) is 33.3 Å². The van der Waals surface area contributed by atoms with Gasteiger partial charge in [0.15, 0.2) is 0 Å². The molecule has 2 amide bonds. The number of anilines is 2. The van der Waals surface area contributed by atoms with Crippen LogP contribution < -0.4 is 15.4 Å². The van der Waals surface area contributed by atoms with Crippen molar-refractivity contribution >= 4 is 81.0 Å². The minimum absolute atomic E-state index is 0.361. The Morgan fingerprint density at radius 1 is 0.647 bits per heavy atom. The van der Waals surface area contributed by atoms with Crippen LogP contribution in [0.5, 0.6) is 11.5 Å². The van der Waals surface area contributed by atoms with E-state index in [0.717, 1.165) is 36.4 Å². The molecular weight excluding hydrogens is 784 g/mol. The first kappa shape index (κ1) is 39.0. The van der Waals surface area contributed by atoms with E-state index in [1.165, 1.54) is 0 Å². The highest BCUT2D eigenvalue weighted by Gasteiger charge is 2.35. The number of amides is 2. The topological polar surface area (TPSA) is 154 Å². The lowest BCUT2D eigenvalue weighted by molar-refractivity contribution is -0.384. The highest BCUT2D eigenvalue weighted by molar-refractivity contribution is 6.35. The number of nitro groups is 2. The summed E-state index contributed by atoms with van der Waals surface area (Å²) in [5.41, 5.74) is -7.07. The van der Waals surface area contributed by atoms with Gasteiger partial charge in [0.05, 0.1) is 32.1 Å². The van der Waals surface area contributed by atoms with Gasteiger partial charge in [-0.1, -0.05) is 35.3 Å². The maximum Gasteiger partial charge on any atom is 0.416 e. The van der Waals surface area contributed by atoms with Gasteiger partial charge < -0.3 is 15.4 Å². The number of hydrogen-bond donors (Lipinski definition) is 2. The Bertz CT molecular complexity index is 1940. The van der Waals surface area contributed by atoms with Crippen LogP contribution in [0.15, 0.2) is 60.7 Å². The quantitative estimate of drug-likeness (QED) is 0.0700. The van der Waals surface area contributed by atoms with E-state index in [1.807, 2.05) is 0 Å². The van der Waals surface area contributed by atoms with E-state index in [-0.39, 0.29) is 11.1 Å². The molecule has 0 aliphatic rings. The van der Waals surface area contributed by atoms with Crippen LogP contribution >= 0.6 is 46.4 Å². The zero-order valence-electron chi connectivity index (χ0n) is 24.7. The lowest BCUT2D eigenvalue weighted by Gasteiger charge is -2.21. The molecule has 0 radical (unpaired) electrons. The molecule has 0 unspecified atom stereocenters. The maximum absolute atomic E-state index is 13.5. The predicted octanol–water partition coefficient (Wildman–Crippen LogP) is 10.3. The van der Waals surface area contributed by atoms with E-state index in [4.69, 9.17) is 51.1 Å². The van der Waals surface area contributed by atoms with Crippen LogP contribution in [0.4, 0.5) is 49.1 Å². The Balaban J connectivity index is 2.12.